The first-order chi connectivity index (χ1) is 13.9. The van der Waals surface area contributed by atoms with Gasteiger partial charge in [0.25, 0.3) is 5.91 Å². The van der Waals surface area contributed by atoms with Gasteiger partial charge in [0.1, 0.15) is 11.4 Å². The average molecular weight is 402 g/mol. The van der Waals surface area contributed by atoms with Gasteiger partial charge in [-0.25, -0.2) is 5.43 Å². The third-order valence-electron chi connectivity index (χ3n) is 3.92. The number of halogens is 3. The molecule has 3 rings (SSSR count). The van der Waals surface area contributed by atoms with Gasteiger partial charge in [-0.2, -0.15) is 23.4 Å². The number of hydrogen-bond donors (Lipinski definition) is 2. The molecule has 0 radical (unpaired) electrons. The SMILES string of the molecule is CCOc1ccc(-c2cc(C(=O)NN=Cc3ccccc3C(F)(F)F)[nH]n2)cc1. The Hall–Kier alpha value is -3.62. The molecule has 0 unspecified atom stereocenters. The van der Waals surface area contributed by atoms with E-state index < -0.39 is 17.6 Å². The van der Waals surface area contributed by atoms with E-state index in [1.807, 2.05) is 6.92 Å². The van der Waals surface area contributed by atoms with Crippen molar-refractivity contribution in [3.05, 3.63) is 71.4 Å². The molecule has 2 aromatic carbocycles. The number of amides is 1. The van der Waals surface area contributed by atoms with Crippen LogP contribution in [0.25, 0.3) is 11.3 Å². The lowest BCUT2D eigenvalue weighted by Gasteiger charge is -2.09. The fraction of sp³-hybridized carbons (Fsp3) is 0.150. The number of aromatic amines is 1. The van der Waals surface area contributed by atoms with Crippen LogP contribution in [0.2, 0.25) is 0 Å². The van der Waals surface area contributed by atoms with Gasteiger partial charge < -0.3 is 4.74 Å². The predicted octanol–water partition coefficient (Wildman–Crippen LogP) is 4.26. The van der Waals surface area contributed by atoms with Gasteiger partial charge in [-0.3, -0.25) is 9.89 Å². The molecule has 9 heteroatoms. The highest BCUT2D eigenvalue weighted by Crippen LogP contribution is 2.31. The number of H-pyrrole nitrogens is 1. The lowest BCUT2D eigenvalue weighted by Crippen LogP contribution is -2.18. The minimum Gasteiger partial charge on any atom is -0.494 e. The molecule has 0 fully saturated rings. The fourth-order valence-electron chi connectivity index (χ4n) is 2.56. The van der Waals surface area contributed by atoms with Crippen molar-refractivity contribution in [3.8, 4) is 17.0 Å². The standard InChI is InChI=1S/C20H17F3N4O2/c1-2-29-15-9-7-13(8-10-15)17-11-18(26-25-17)19(28)27-24-12-14-5-3-4-6-16(14)20(21,22)23/h3-12H,2H2,1H3,(H,25,26)(H,27,28). The number of benzene rings is 2. The number of hydrazone groups is 1. The maximum atomic E-state index is 13.0. The number of hydrogen-bond acceptors (Lipinski definition) is 4. The quantitative estimate of drug-likeness (QED) is 0.478. The molecule has 0 aliphatic carbocycles. The molecular weight excluding hydrogens is 385 g/mol. The van der Waals surface area contributed by atoms with Crippen molar-refractivity contribution in [3.63, 3.8) is 0 Å². The molecule has 1 amide bonds. The molecule has 1 heterocycles. The normalized spacial score (nSPS) is 11.6. The Labute approximate surface area is 164 Å². The highest BCUT2D eigenvalue weighted by atomic mass is 19.4. The molecule has 150 valence electrons. The highest BCUT2D eigenvalue weighted by molar-refractivity contribution is 5.94. The molecule has 29 heavy (non-hydrogen) atoms. The number of rotatable bonds is 6. The molecule has 3 aromatic rings. The first-order valence-electron chi connectivity index (χ1n) is 8.66. The molecule has 0 spiro atoms. The molecule has 0 aliphatic heterocycles. The molecular formula is C20H17F3N4O2. The molecule has 0 atom stereocenters. The van der Waals surface area contributed by atoms with Crippen LogP contribution in [0.4, 0.5) is 13.2 Å². The van der Waals surface area contributed by atoms with Crippen molar-refractivity contribution >= 4 is 12.1 Å². The first-order valence-corrected chi connectivity index (χ1v) is 8.66. The van der Waals surface area contributed by atoms with Gasteiger partial charge in [0.05, 0.1) is 24.1 Å². The summed E-state index contributed by atoms with van der Waals surface area (Å²) in [6.07, 6.45) is -3.56. The van der Waals surface area contributed by atoms with E-state index in [-0.39, 0.29) is 11.3 Å². The van der Waals surface area contributed by atoms with Gasteiger partial charge >= 0.3 is 6.18 Å². The Morgan fingerprint density at radius 3 is 2.62 bits per heavy atom. The van der Waals surface area contributed by atoms with Crippen molar-refractivity contribution in [1.82, 2.24) is 15.6 Å². The smallest absolute Gasteiger partial charge is 0.417 e. The summed E-state index contributed by atoms with van der Waals surface area (Å²) in [6.45, 7) is 2.44. The van der Waals surface area contributed by atoms with E-state index in [1.165, 1.54) is 24.3 Å². The second kappa shape index (κ2) is 8.59. The third kappa shape index (κ3) is 5.01. The Balaban J connectivity index is 1.68. The van der Waals surface area contributed by atoms with Gasteiger partial charge in [-0.1, -0.05) is 18.2 Å². The number of aromatic nitrogens is 2. The van der Waals surface area contributed by atoms with Gasteiger partial charge in [0, 0.05) is 11.1 Å². The lowest BCUT2D eigenvalue weighted by molar-refractivity contribution is -0.137. The van der Waals surface area contributed by atoms with Crippen molar-refractivity contribution in [1.29, 1.82) is 0 Å². The number of nitrogens with zero attached hydrogens (tertiary/aromatic N) is 2. The summed E-state index contributed by atoms with van der Waals surface area (Å²) in [4.78, 5) is 12.2. The van der Waals surface area contributed by atoms with E-state index >= 15 is 0 Å². The predicted molar refractivity (Wildman–Crippen MR) is 102 cm³/mol. The molecule has 0 bridgehead atoms. The fourth-order valence-corrected chi connectivity index (χ4v) is 2.56. The maximum Gasteiger partial charge on any atom is 0.417 e. The number of carbonyl (C=O) groups excluding carboxylic acids is 1. The number of carbonyl (C=O) groups is 1. The summed E-state index contributed by atoms with van der Waals surface area (Å²) < 4.78 is 44.3. The minimum absolute atomic E-state index is 0.121. The van der Waals surface area contributed by atoms with Crippen LogP contribution in [0, 0.1) is 0 Å². The van der Waals surface area contributed by atoms with Gasteiger partial charge in [-0.05, 0) is 43.3 Å². The van der Waals surface area contributed by atoms with Crippen LogP contribution in [0.5, 0.6) is 5.75 Å². The summed E-state index contributed by atoms with van der Waals surface area (Å²) in [5.41, 5.74) is 2.62. The zero-order chi connectivity index (χ0) is 20.9. The average Bonchev–Trinajstić information content (AvgIpc) is 3.19. The summed E-state index contributed by atoms with van der Waals surface area (Å²) in [5, 5.41) is 10.3. The Kier molecular flexibility index (Phi) is 5.96. The summed E-state index contributed by atoms with van der Waals surface area (Å²) in [5.74, 6) is 0.0913. The van der Waals surface area contributed by atoms with Gasteiger partial charge in [0.2, 0.25) is 0 Å². The molecule has 6 nitrogen and oxygen atoms in total. The van der Waals surface area contributed by atoms with Crippen molar-refractivity contribution in [2.24, 2.45) is 5.10 Å². The number of ether oxygens (including phenoxy) is 1. The second-order valence-electron chi connectivity index (χ2n) is 5.91. The topological polar surface area (TPSA) is 79.4 Å². The van der Waals surface area contributed by atoms with E-state index in [0.717, 1.165) is 23.6 Å². The maximum absolute atomic E-state index is 13.0. The van der Waals surface area contributed by atoms with Crippen molar-refractivity contribution in [2.45, 2.75) is 13.1 Å². The Bertz CT molecular complexity index is 1010. The summed E-state index contributed by atoms with van der Waals surface area (Å²) in [7, 11) is 0. The van der Waals surface area contributed by atoms with E-state index in [2.05, 4.69) is 20.7 Å². The largest absolute Gasteiger partial charge is 0.494 e. The van der Waals surface area contributed by atoms with E-state index in [4.69, 9.17) is 4.74 Å². The van der Waals surface area contributed by atoms with Crippen molar-refractivity contribution < 1.29 is 22.7 Å². The van der Waals surface area contributed by atoms with Crippen molar-refractivity contribution in [2.75, 3.05) is 6.61 Å². The number of nitrogens with one attached hydrogen (secondary N) is 2. The van der Waals surface area contributed by atoms with E-state index in [9.17, 15) is 18.0 Å². The van der Waals surface area contributed by atoms with E-state index in [0.29, 0.717) is 12.3 Å². The van der Waals surface area contributed by atoms with Gasteiger partial charge in [-0.15, -0.1) is 0 Å². The van der Waals surface area contributed by atoms with Crippen LogP contribution in [0.3, 0.4) is 0 Å². The zero-order valence-corrected chi connectivity index (χ0v) is 15.3. The zero-order valence-electron chi connectivity index (χ0n) is 15.3. The van der Waals surface area contributed by atoms with Crippen LogP contribution in [0.1, 0.15) is 28.5 Å². The number of alkyl halides is 3. The van der Waals surface area contributed by atoms with E-state index in [1.54, 1.807) is 24.3 Å². The monoisotopic (exact) mass is 402 g/mol. The molecule has 0 saturated heterocycles. The first kappa shape index (κ1) is 20.1. The highest BCUT2D eigenvalue weighted by Gasteiger charge is 2.32. The molecule has 1 aromatic heterocycles. The van der Waals surface area contributed by atoms with Crippen LogP contribution < -0.4 is 10.2 Å². The Morgan fingerprint density at radius 2 is 1.93 bits per heavy atom. The lowest BCUT2D eigenvalue weighted by atomic mass is 10.1. The van der Waals surface area contributed by atoms with Crippen LogP contribution >= 0.6 is 0 Å². The van der Waals surface area contributed by atoms with Crippen LogP contribution in [-0.4, -0.2) is 28.9 Å². The summed E-state index contributed by atoms with van der Waals surface area (Å²) >= 11 is 0. The minimum atomic E-state index is -4.51. The van der Waals surface area contributed by atoms with Crippen LogP contribution in [-0.2, 0) is 6.18 Å². The van der Waals surface area contributed by atoms with Crippen LogP contribution in [0.15, 0.2) is 59.7 Å². The molecule has 0 saturated carbocycles. The third-order valence-corrected chi connectivity index (χ3v) is 3.92. The Morgan fingerprint density at radius 1 is 1.21 bits per heavy atom. The van der Waals surface area contributed by atoms with Gasteiger partial charge in [0.15, 0.2) is 0 Å². The molecule has 0 aliphatic rings. The second-order valence-corrected chi connectivity index (χ2v) is 5.91. The molecule has 2 N–H and O–H groups in total. The summed E-state index contributed by atoms with van der Waals surface area (Å²) in [6, 6.07) is 13.6.